The lowest BCUT2D eigenvalue weighted by molar-refractivity contribution is -0.384. The third kappa shape index (κ3) is 2.36. The number of nitrogens with zero attached hydrogens (tertiary/aromatic N) is 2. The minimum Gasteiger partial charge on any atom is -0.481 e. The summed E-state index contributed by atoms with van der Waals surface area (Å²) in [5, 5.41) is 22.3. The monoisotopic (exact) mass is 281 g/mol. The molecule has 1 aromatic rings. The van der Waals surface area contributed by atoms with Gasteiger partial charge in [-0.3, -0.25) is 19.7 Å². The van der Waals surface area contributed by atoms with E-state index in [1.165, 1.54) is 23.9 Å². The van der Waals surface area contributed by atoms with Gasteiger partial charge >= 0.3 is 5.97 Å². The molecule has 8 heteroatoms. The highest BCUT2D eigenvalue weighted by Crippen LogP contribution is 2.40. The zero-order chi connectivity index (χ0) is 14.9. The molecule has 1 amide bonds. The van der Waals surface area contributed by atoms with Crippen LogP contribution in [0.3, 0.4) is 0 Å². The molecule has 1 saturated carbocycles. The summed E-state index contributed by atoms with van der Waals surface area (Å²) in [5.74, 6) is -1.42. The maximum Gasteiger partial charge on any atom is 0.311 e. The molecule has 2 rings (SSSR count). The topological polar surface area (TPSA) is 114 Å². The number of amides is 1. The van der Waals surface area contributed by atoms with E-state index < -0.39 is 22.2 Å². The second-order valence-corrected chi connectivity index (χ2v) is 5.07. The van der Waals surface area contributed by atoms with Crippen LogP contribution in [-0.4, -0.2) is 33.0 Å². The third-order valence-electron chi connectivity index (χ3n) is 3.79. The lowest BCUT2D eigenvalue weighted by Crippen LogP contribution is -2.47. The number of aryl methyl sites for hydroxylation is 1. The zero-order valence-corrected chi connectivity index (χ0v) is 11.0. The molecule has 8 nitrogen and oxygen atoms in total. The van der Waals surface area contributed by atoms with Gasteiger partial charge in [0.25, 0.3) is 11.6 Å². The van der Waals surface area contributed by atoms with Crippen LogP contribution in [0.1, 0.15) is 29.8 Å². The van der Waals surface area contributed by atoms with Gasteiger partial charge in [0.2, 0.25) is 0 Å². The highest BCUT2D eigenvalue weighted by molar-refractivity contribution is 5.94. The van der Waals surface area contributed by atoms with Crippen LogP contribution >= 0.6 is 0 Å². The number of carbonyl (C=O) groups is 2. The van der Waals surface area contributed by atoms with Crippen LogP contribution in [0.15, 0.2) is 12.3 Å². The van der Waals surface area contributed by atoms with E-state index in [2.05, 4.69) is 5.32 Å². The summed E-state index contributed by atoms with van der Waals surface area (Å²) in [4.78, 5) is 33.2. The average Bonchev–Trinajstić information content (AvgIpc) is 2.69. The van der Waals surface area contributed by atoms with Gasteiger partial charge in [-0.25, -0.2) is 0 Å². The Balaban J connectivity index is 2.05. The number of aliphatic carboxylic acids is 1. The van der Waals surface area contributed by atoms with Crippen LogP contribution in [0.25, 0.3) is 0 Å². The molecule has 0 bridgehead atoms. The van der Waals surface area contributed by atoms with Crippen molar-refractivity contribution in [2.24, 2.45) is 12.5 Å². The van der Waals surface area contributed by atoms with Crippen molar-refractivity contribution in [3.63, 3.8) is 0 Å². The first-order chi connectivity index (χ1) is 9.35. The molecule has 0 saturated heterocycles. The van der Waals surface area contributed by atoms with Crippen LogP contribution in [0.2, 0.25) is 0 Å². The smallest absolute Gasteiger partial charge is 0.311 e. The van der Waals surface area contributed by atoms with Gasteiger partial charge in [-0.1, -0.05) is 6.42 Å². The highest BCUT2D eigenvalue weighted by Gasteiger charge is 2.44. The van der Waals surface area contributed by atoms with Gasteiger partial charge in [-0.15, -0.1) is 0 Å². The summed E-state index contributed by atoms with van der Waals surface area (Å²) in [6.45, 7) is 0.0418. The fourth-order valence-electron chi connectivity index (χ4n) is 2.28. The van der Waals surface area contributed by atoms with Gasteiger partial charge < -0.3 is 15.0 Å². The van der Waals surface area contributed by atoms with E-state index in [0.29, 0.717) is 12.8 Å². The summed E-state index contributed by atoms with van der Waals surface area (Å²) in [6, 6.07) is 1.17. The Hall–Kier alpha value is -2.38. The summed E-state index contributed by atoms with van der Waals surface area (Å²) in [6.07, 6.45) is 3.15. The van der Waals surface area contributed by atoms with E-state index in [1.807, 2.05) is 0 Å². The van der Waals surface area contributed by atoms with Crippen LogP contribution in [0.4, 0.5) is 5.69 Å². The number of nitro groups is 1. The number of rotatable bonds is 5. The van der Waals surface area contributed by atoms with E-state index in [-0.39, 0.29) is 17.9 Å². The lowest BCUT2D eigenvalue weighted by Gasteiger charge is -2.37. The van der Waals surface area contributed by atoms with Gasteiger partial charge in [0.1, 0.15) is 5.69 Å². The molecule has 0 unspecified atom stereocenters. The van der Waals surface area contributed by atoms with Crippen LogP contribution in [-0.2, 0) is 11.8 Å². The van der Waals surface area contributed by atoms with Crippen molar-refractivity contribution in [3.05, 3.63) is 28.1 Å². The molecule has 1 fully saturated rings. The molecular weight excluding hydrogens is 266 g/mol. The Morgan fingerprint density at radius 3 is 2.60 bits per heavy atom. The van der Waals surface area contributed by atoms with Crippen molar-refractivity contribution >= 4 is 17.6 Å². The molecule has 0 spiro atoms. The first kappa shape index (κ1) is 14.0. The Kier molecular flexibility index (Phi) is 3.47. The Morgan fingerprint density at radius 2 is 2.20 bits per heavy atom. The largest absolute Gasteiger partial charge is 0.481 e. The standard InChI is InChI=1S/C12H15N3O5/c1-14-6-8(15(19)20)5-9(14)10(16)13-7-12(11(17)18)3-2-4-12/h5-6H,2-4,7H2,1H3,(H,13,16)(H,17,18). The number of nitrogens with one attached hydrogen (secondary N) is 1. The Morgan fingerprint density at radius 1 is 1.55 bits per heavy atom. The van der Waals surface area contributed by atoms with Crippen molar-refractivity contribution in [1.82, 2.24) is 9.88 Å². The van der Waals surface area contributed by atoms with Crippen molar-refractivity contribution in [2.45, 2.75) is 19.3 Å². The minimum atomic E-state index is -0.915. The number of carboxylic acid groups (broad SMARTS) is 1. The zero-order valence-electron chi connectivity index (χ0n) is 11.0. The van der Waals surface area contributed by atoms with Gasteiger partial charge in [-0.2, -0.15) is 0 Å². The second-order valence-electron chi connectivity index (χ2n) is 5.07. The fraction of sp³-hybridized carbons (Fsp3) is 0.500. The molecule has 1 heterocycles. The van der Waals surface area contributed by atoms with Gasteiger partial charge in [0, 0.05) is 19.7 Å². The van der Waals surface area contributed by atoms with Crippen molar-refractivity contribution in [1.29, 1.82) is 0 Å². The van der Waals surface area contributed by atoms with Crippen LogP contribution in [0.5, 0.6) is 0 Å². The molecule has 1 aromatic heterocycles. The Bertz CT molecular complexity index is 574. The van der Waals surface area contributed by atoms with Crippen molar-refractivity contribution in [3.8, 4) is 0 Å². The van der Waals surface area contributed by atoms with Crippen LogP contribution in [0, 0.1) is 15.5 Å². The predicted octanol–water partition coefficient (Wildman–Crippen LogP) is 0.918. The number of carbonyl (C=O) groups excluding carboxylic acids is 1. The maximum absolute atomic E-state index is 12.0. The number of hydrogen-bond acceptors (Lipinski definition) is 4. The van der Waals surface area contributed by atoms with E-state index in [9.17, 15) is 19.7 Å². The summed E-state index contributed by atoms with van der Waals surface area (Å²) >= 11 is 0. The molecule has 2 N–H and O–H groups in total. The molecule has 1 aliphatic rings. The van der Waals surface area contributed by atoms with Crippen molar-refractivity contribution in [2.75, 3.05) is 6.54 Å². The molecule has 0 aliphatic heterocycles. The van der Waals surface area contributed by atoms with E-state index in [1.54, 1.807) is 0 Å². The molecule has 108 valence electrons. The average molecular weight is 281 g/mol. The predicted molar refractivity (Wildman–Crippen MR) is 68.3 cm³/mol. The van der Waals surface area contributed by atoms with Crippen molar-refractivity contribution < 1.29 is 19.6 Å². The van der Waals surface area contributed by atoms with E-state index in [4.69, 9.17) is 5.11 Å². The van der Waals surface area contributed by atoms with E-state index in [0.717, 1.165) is 6.42 Å². The molecule has 0 radical (unpaired) electrons. The van der Waals surface area contributed by atoms with Gasteiger partial charge in [0.05, 0.1) is 16.5 Å². The molecule has 0 atom stereocenters. The first-order valence-corrected chi connectivity index (χ1v) is 6.18. The summed E-state index contributed by atoms with van der Waals surface area (Å²) < 4.78 is 1.35. The number of hydrogen-bond donors (Lipinski definition) is 2. The SMILES string of the molecule is Cn1cc([N+](=O)[O-])cc1C(=O)NCC1(C(=O)O)CCC1. The normalized spacial score (nSPS) is 16.2. The minimum absolute atomic E-state index is 0.0418. The van der Waals surface area contributed by atoms with E-state index >= 15 is 0 Å². The summed E-state index contributed by atoms with van der Waals surface area (Å²) in [7, 11) is 1.53. The lowest BCUT2D eigenvalue weighted by atomic mass is 9.69. The molecular formula is C12H15N3O5. The maximum atomic E-state index is 12.0. The Labute approximate surface area is 114 Å². The van der Waals surface area contributed by atoms with Crippen LogP contribution < -0.4 is 5.32 Å². The quantitative estimate of drug-likeness (QED) is 0.615. The first-order valence-electron chi connectivity index (χ1n) is 6.18. The summed E-state index contributed by atoms with van der Waals surface area (Å²) in [5.41, 5.74) is -0.918. The van der Waals surface area contributed by atoms with Gasteiger partial charge in [-0.05, 0) is 12.8 Å². The number of aromatic nitrogens is 1. The second kappa shape index (κ2) is 4.95. The molecule has 20 heavy (non-hydrogen) atoms. The highest BCUT2D eigenvalue weighted by atomic mass is 16.6. The molecule has 1 aliphatic carbocycles. The fourth-order valence-corrected chi connectivity index (χ4v) is 2.28. The van der Waals surface area contributed by atoms with Gasteiger partial charge in [0.15, 0.2) is 0 Å². The molecule has 0 aromatic carbocycles. The number of carboxylic acids is 1. The third-order valence-corrected chi connectivity index (χ3v) is 3.79.